The van der Waals surface area contributed by atoms with E-state index in [1.165, 1.54) is 11.3 Å². The van der Waals surface area contributed by atoms with Crippen molar-refractivity contribution >= 4 is 32.6 Å². The largest absolute Gasteiger partial charge is 0.497 e. The van der Waals surface area contributed by atoms with Gasteiger partial charge in [-0.05, 0) is 48.9 Å². The number of carbonyl (C=O) groups is 1. The Labute approximate surface area is 144 Å². The summed E-state index contributed by atoms with van der Waals surface area (Å²) >= 11 is 1.42. The molecule has 1 amide bonds. The Bertz CT molecular complexity index is 843. The fourth-order valence-electron chi connectivity index (χ4n) is 2.18. The van der Waals surface area contributed by atoms with Gasteiger partial charge < -0.3 is 9.47 Å². The van der Waals surface area contributed by atoms with Crippen molar-refractivity contribution in [2.45, 2.75) is 13.3 Å². The first-order valence-corrected chi connectivity index (χ1v) is 8.50. The molecule has 0 unspecified atom stereocenters. The fraction of sp³-hybridized carbons (Fsp3) is 0.222. The molecule has 0 spiro atoms. The number of rotatable bonds is 6. The van der Waals surface area contributed by atoms with Gasteiger partial charge in [0.15, 0.2) is 5.13 Å². The molecule has 124 valence electrons. The van der Waals surface area contributed by atoms with Gasteiger partial charge in [-0.15, -0.1) is 0 Å². The van der Waals surface area contributed by atoms with E-state index in [1.54, 1.807) is 31.4 Å². The Morgan fingerprint density at radius 2 is 1.92 bits per heavy atom. The number of anilines is 1. The first-order chi connectivity index (χ1) is 11.7. The van der Waals surface area contributed by atoms with E-state index in [0.29, 0.717) is 17.3 Å². The molecule has 24 heavy (non-hydrogen) atoms. The highest BCUT2D eigenvalue weighted by molar-refractivity contribution is 7.22. The number of carbonyl (C=O) groups excluding carboxylic acids is 1. The van der Waals surface area contributed by atoms with Crippen LogP contribution in [0.3, 0.4) is 0 Å². The van der Waals surface area contributed by atoms with Gasteiger partial charge in [-0.1, -0.05) is 18.3 Å². The second-order valence-electron chi connectivity index (χ2n) is 5.18. The summed E-state index contributed by atoms with van der Waals surface area (Å²) in [7, 11) is 1.62. The van der Waals surface area contributed by atoms with Gasteiger partial charge in [-0.3, -0.25) is 10.1 Å². The van der Waals surface area contributed by atoms with Crippen LogP contribution in [0, 0.1) is 0 Å². The molecular weight excluding hydrogens is 324 g/mol. The van der Waals surface area contributed by atoms with Crippen LogP contribution in [0.4, 0.5) is 5.13 Å². The molecule has 0 saturated heterocycles. The maximum atomic E-state index is 12.3. The van der Waals surface area contributed by atoms with E-state index in [1.807, 2.05) is 18.2 Å². The van der Waals surface area contributed by atoms with Crippen LogP contribution in [0.25, 0.3) is 10.2 Å². The van der Waals surface area contributed by atoms with E-state index in [2.05, 4.69) is 17.2 Å². The second-order valence-corrected chi connectivity index (χ2v) is 6.21. The number of hydrogen-bond acceptors (Lipinski definition) is 5. The number of benzene rings is 2. The minimum absolute atomic E-state index is 0.192. The minimum atomic E-state index is -0.192. The summed E-state index contributed by atoms with van der Waals surface area (Å²) in [6, 6.07) is 12.7. The monoisotopic (exact) mass is 342 g/mol. The molecule has 0 aliphatic rings. The SMILES string of the molecule is CCCOc1ccc(C(=O)Nc2nc3ccc(OC)cc3s2)cc1. The Balaban J connectivity index is 1.72. The van der Waals surface area contributed by atoms with E-state index in [4.69, 9.17) is 9.47 Å². The number of methoxy groups -OCH3 is 1. The zero-order valence-electron chi connectivity index (χ0n) is 13.5. The summed E-state index contributed by atoms with van der Waals surface area (Å²) in [6.45, 7) is 2.72. The van der Waals surface area contributed by atoms with Crippen molar-refractivity contribution in [1.82, 2.24) is 4.98 Å². The molecule has 0 bridgehead atoms. The predicted molar refractivity (Wildman–Crippen MR) is 96.4 cm³/mol. The molecule has 1 heterocycles. The van der Waals surface area contributed by atoms with Crippen molar-refractivity contribution in [2.24, 2.45) is 0 Å². The fourth-order valence-corrected chi connectivity index (χ4v) is 3.07. The van der Waals surface area contributed by atoms with Crippen LogP contribution < -0.4 is 14.8 Å². The highest BCUT2D eigenvalue weighted by Gasteiger charge is 2.10. The lowest BCUT2D eigenvalue weighted by atomic mass is 10.2. The average Bonchev–Trinajstić information content (AvgIpc) is 3.01. The van der Waals surface area contributed by atoms with Gasteiger partial charge in [0.2, 0.25) is 0 Å². The maximum Gasteiger partial charge on any atom is 0.257 e. The standard InChI is InChI=1S/C18H18N2O3S/c1-3-10-23-13-6-4-12(5-7-13)17(21)20-18-19-15-9-8-14(22-2)11-16(15)24-18/h4-9,11H,3,10H2,1-2H3,(H,19,20,21). The zero-order chi connectivity index (χ0) is 16.9. The lowest BCUT2D eigenvalue weighted by Crippen LogP contribution is -2.11. The van der Waals surface area contributed by atoms with Crippen molar-refractivity contribution in [2.75, 3.05) is 19.0 Å². The highest BCUT2D eigenvalue weighted by Crippen LogP contribution is 2.29. The van der Waals surface area contributed by atoms with Gasteiger partial charge >= 0.3 is 0 Å². The molecule has 0 saturated carbocycles. The zero-order valence-corrected chi connectivity index (χ0v) is 14.4. The van der Waals surface area contributed by atoms with Crippen LogP contribution >= 0.6 is 11.3 Å². The molecule has 0 fully saturated rings. The Kier molecular flexibility index (Phi) is 4.96. The average molecular weight is 342 g/mol. The summed E-state index contributed by atoms with van der Waals surface area (Å²) in [5.41, 5.74) is 1.40. The number of thiazole rings is 1. The summed E-state index contributed by atoms with van der Waals surface area (Å²) < 4.78 is 11.7. The number of aromatic nitrogens is 1. The van der Waals surface area contributed by atoms with Gasteiger partial charge in [0.1, 0.15) is 11.5 Å². The van der Waals surface area contributed by atoms with Crippen LogP contribution in [0.5, 0.6) is 11.5 Å². The molecule has 2 aromatic carbocycles. The quantitative estimate of drug-likeness (QED) is 0.723. The highest BCUT2D eigenvalue weighted by atomic mass is 32.1. The van der Waals surface area contributed by atoms with Crippen molar-refractivity contribution < 1.29 is 14.3 Å². The number of amides is 1. The number of hydrogen-bond donors (Lipinski definition) is 1. The summed E-state index contributed by atoms with van der Waals surface area (Å²) in [6.07, 6.45) is 0.949. The summed E-state index contributed by atoms with van der Waals surface area (Å²) in [5, 5.41) is 3.40. The lowest BCUT2D eigenvalue weighted by molar-refractivity contribution is 0.102. The normalized spacial score (nSPS) is 10.6. The molecule has 0 aliphatic heterocycles. The first-order valence-electron chi connectivity index (χ1n) is 7.68. The molecule has 1 aromatic heterocycles. The van der Waals surface area contributed by atoms with Gasteiger partial charge in [0, 0.05) is 5.56 Å². The van der Waals surface area contributed by atoms with Crippen LogP contribution in [0.1, 0.15) is 23.7 Å². The van der Waals surface area contributed by atoms with Crippen molar-refractivity contribution in [1.29, 1.82) is 0 Å². The molecule has 0 aliphatic carbocycles. The molecule has 3 aromatic rings. The first kappa shape index (κ1) is 16.3. The van der Waals surface area contributed by atoms with Crippen molar-refractivity contribution in [3.8, 4) is 11.5 Å². The second kappa shape index (κ2) is 7.31. The molecular formula is C18H18N2O3S. The molecule has 0 atom stereocenters. The van der Waals surface area contributed by atoms with Gasteiger partial charge in [0.25, 0.3) is 5.91 Å². The Hall–Kier alpha value is -2.60. The van der Waals surface area contributed by atoms with E-state index in [0.717, 1.165) is 28.1 Å². The number of fused-ring (bicyclic) bond motifs is 1. The van der Waals surface area contributed by atoms with E-state index in [-0.39, 0.29) is 5.91 Å². The Morgan fingerprint density at radius 3 is 2.62 bits per heavy atom. The van der Waals surface area contributed by atoms with Crippen molar-refractivity contribution in [3.05, 3.63) is 48.0 Å². The summed E-state index contributed by atoms with van der Waals surface area (Å²) in [4.78, 5) is 16.7. The van der Waals surface area contributed by atoms with E-state index in [9.17, 15) is 4.79 Å². The minimum Gasteiger partial charge on any atom is -0.497 e. The smallest absolute Gasteiger partial charge is 0.257 e. The van der Waals surface area contributed by atoms with Gasteiger partial charge in [0.05, 0.1) is 23.9 Å². The number of ether oxygens (including phenoxy) is 2. The van der Waals surface area contributed by atoms with Gasteiger partial charge in [-0.25, -0.2) is 4.98 Å². The molecule has 0 radical (unpaired) electrons. The van der Waals surface area contributed by atoms with Gasteiger partial charge in [-0.2, -0.15) is 0 Å². The maximum absolute atomic E-state index is 12.3. The number of nitrogens with zero attached hydrogens (tertiary/aromatic N) is 1. The predicted octanol–water partition coefficient (Wildman–Crippen LogP) is 4.35. The summed E-state index contributed by atoms with van der Waals surface area (Å²) in [5.74, 6) is 1.34. The molecule has 6 heteroatoms. The van der Waals surface area contributed by atoms with Crippen LogP contribution in [-0.2, 0) is 0 Å². The van der Waals surface area contributed by atoms with Crippen LogP contribution in [0.15, 0.2) is 42.5 Å². The molecule has 5 nitrogen and oxygen atoms in total. The topological polar surface area (TPSA) is 60.5 Å². The Morgan fingerprint density at radius 1 is 1.17 bits per heavy atom. The third-order valence-electron chi connectivity index (χ3n) is 3.41. The van der Waals surface area contributed by atoms with Crippen LogP contribution in [-0.4, -0.2) is 24.6 Å². The van der Waals surface area contributed by atoms with E-state index < -0.39 is 0 Å². The van der Waals surface area contributed by atoms with Crippen molar-refractivity contribution in [3.63, 3.8) is 0 Å². The van der Waals surface area contributed by atoms with E-state index >= 15 is 0 Å². The molecule has 3 rings (SSSR count). The third-order valence-corrected chi connectivity index (χ3v) is 4.34. The molecule has 1 N–H and O–H groups in total. The van der Waals surface area contributed by atoms with Crippen LogP contribution in [0.2, 0.25) is 0 Å². The number of nitrogens with one attached hydrogen (secondary N) is 1. The third kappa shape index (κ3) is 3.65. The lowest BCUT2D eigenvalue weighted by Gasteiger charge is -2.05.